The van der Waals surface area contributed by atoms with E-state index in [2.05, 4.69) is 4.98 Å². The summed E-state index contributed by atoms with van der Waals surface area (Å²) in [7, 11) is 3.68. The summed E-state index contributed by atoms with van der Waals surface area (Å²) in [6, 6.07) is 4.53. The van der Waals surface area contributed by atoms with Gasteiger partial charge in [0.25, 0.3) is 5.91 Å². The Kier molecular flexibility index (Phi) is 3.29. The second kappa shape index (κ2) is 5.00. The number of rotatable bonds is 2. The third kappa shape index (κ3) is 2.33. The second-order valence-corrected chi connectivity index (χ2v) is 6.06. The van der Waals surface area contributed by atoms with Crippen LogP contribution in [0.2, 0.25) is 0 Å². The number of hydrogen-bond acceptors (Lipinski definition) is 5. The molecular formula is C14H15FN4OS. The minimum atomic E-state index is -0.347. The first-order chi connectivity index (χ1) is 9.97. The number of hydrogen-bond donors (Lipinski definition) is 1. The van der Waals surface area contributed by atoms with Gasteiger partial charge in [-0.2, -0.15) is 0 Å². The third-order valence-corrected chi connectivity index (χ3v) is 4.63. The molecule has 1 aliphatic heterocycles. The van der Waals surface area contributed by atoms with Crippen LogP contribution < -0.4 is 15.5 Å². The van der Waals surface area contributed by atoms with E-state index >= 15 is 0 Å². The van der Waals surface area contributed by atoms with Gasteiger partial charge in [-0.3, -0.25) is 4.79 Å². The van der Waals surface area contributed by atoms with Crippen molar-refractivity contribution >= 4 is 33.9 Å². The van der Waals surface area contributed by atoms with Gasteiger partial charge in [0.05, 0.1) is 5.69 Å². The van der Waals surface area contributed by atoms with Crippen LogP contribution in [0, 0.1) is 5.82 Å². The highest BCUT2D eigenvalue weighted by Crippen LogP contribution is 2.34. The molecule has 7 heteroatoms. The smallest absolute Gasteiger partial charge is 0.272 e. The molecule has 1 aliphatic rings. The number of nitrogen functional groups attached to an aromatic ring is 1. The summed E-state index contributed by atoms with van der Waals surface area (Å²) in [5.74, 6) is -0.347. The predicted octanol–water partition coefficient (Wildman–Crippen LogP) is 2.13. The van der Waals surface area contributed by atoms with Gasteiger partial charge in [-0.15, -0.1) is 0 Å². The Balaban J connectivity index is 1.96. The van der Waals surface area contributed by atoms with Gasteiger partial charge in [-0.1, -0.05) is 17.4 Å². The highest BCUT2D eigenvalue weighted by molar-refractivity contribution is 7.18. The van der Waals surface area contributed by atoms with Gasteiger partial charge >= 0.3 is 0 Å². The minimum Gasteiger partial charge on any atom is -0.382 e. The molecule has 2 heterocycles. The molecule has 2 aromatic rings. The quantitative estimate of drug-likeness (QED) is 0.923. The maximum atomic E-state index is 13.4. The maximum Gasteiger partial charge on any atom is 0.272 e. The molecule has 0 spiro atoms. The first-order valence-corrected chi connectivity index (χ1v) is 7.33. The first-order valence-electron chi connectivity index (χ1n) is 6.51. The van der Waals surface area contributed by atoms with Gasteiger partial charge in [0.1, 0.15) is 16.5 Å². The van der Waals surface area contributed by atoms with Crippen LogP contribution in [0.3, 0.4) is 0 Å². The van der Waals surface area contributed by atoms with Crippen LogP contribution in [-0.2, 0) is 6.42 Å². The van der Waals surface area contributed by atoms with E-state index in [4.69, 9.17) is 5.73 Å². The molecule has 0 unspecified atom stereocenters. The Morgan fingerprint density at radius 1 is 1.48 bits per heavy atom. The number of benzene rings is 1. The number of amides is 1. The molecular weight excluding hydrogens is 291 g/mol. The largest absolute Gasteiger partial charge is 0.382 e. The molecule has 0 radical (unpaired) electrons. The Labute approximate surface area is 125 Å². The Morgan fingerprint density at radius 3 is 2.90 bits per heavy atom. The molecule has 0 fully saturated rings. The molecule has 3 rings (SSSR count). The van der Waals surface area contributed by atoms with Gasteiger partial charge in [-0.05, 0) is 24.1 Å². The zero-order valence-electron chi connectivity index (χ0n) is 11.8. The average Bonchev–Trinajstić information content (AvgIpc) is 3.01. The van der Waals surface area contributed by atoms with Crippen LogP contribution >= 0.6 is 11.3 Å². The van der Waals surface area contributed by atoms with Crippen LogP contribution in [0.25, 0.3) is 0 Å². The minimum absolute atomic E-state index is 0.220. The van der Waals surface area contributed by atoms with Gasteiger partial charge in [-0.25, -0.2) is 9.37 Å². The van der Waals surface area contributed by atoms with E-state index < -0.39 is 0 Å². The molecule has 0 aliphatic carbocycles. The van der Waals surface area contributed by atoms with E-state index in [1.807, 2.05) is 14.1 Å². The number of halogens is 1. The predicted molar refractivity (Wildman–Crippen MR) is 82.6 cm³/mol. The van der Waals surface area contributed by atoms with E-state index in [9.17, 15) is 9.18 Å². The molecule has 110 valence electrons. The summed E-state index contributed by atoms with van der Waals surface area (Å²) in [6.45, 7) is 0.534. The molecule has 5 nitrogen and oxygen atoms in total. The van der Waals surface area contributed by atoms with Crippen molar-refractivity contribution in [3.63, 3.8) is 0 Å². The van der Waals surface area contributed by atoms with Crippen molar-refractivity contribution in [2.75, 3.05) is 36.2 Å². The second-order valence-electron chi connectivity index (χ2n) is 5.09. The number of carbonyl (C=O) groups excluding carboxylic acids is 1. The van der Waals surface area contributed by atoms with Crippen molar-refractivity contribution in [1.82, 2.24) is 4.98 Å². The molecule has 1 aromatic heterocycles. The zero-order valence-corrected chi connectivity index (χ0v) is 12.6. The van der Waals surface area contributed by atoms with Gasteiger partial charge < -0.3 is 15.5 Å². The van der Waals surface area contributed by atoms with Crippen LogP contribution in [-0.4, -0.2) is 31.5 Å². The fourth-order valence-electron chi connectivity index (χ4n) is 2.35. The lowest BCUT2D eigenvalue weighted by molar-refractivity contribution is 0.0994. The summed E-state index contributed by atoms with van der Waals surface area (Å²) in [6.07, 6.45) is 0.723. The number of anilines is 3. The Morgan fingerprint density at radius 2 is 2.24 bits per heavy atom. The number of aromatic nitrogens is 1. The molecule has 1 aromatic carbocycles. The van der Waals surface area contributed by atoms with Crippen LogP contribution in [0.15, 0.2) is 18.2 Å². The summed E-state index contributed by atoms with van der Waals surface area (Å²) in [5, 5.41) is 0.675. The lowest BCUT2D eigenvalue weighted by Gasteiger charge is -2.16. The SMILES string of the molecule is CN(C)c1nc(N)c(C(=O)N2CCc3ccc(F)cc32)s1. The lowest BCUT2D eigenvalue weighted by Crippen LogP contribution is -2.28. The van der Waals surface area contributed by atoms with Gasteiger partial charge in [0.2, 0.25) is 0 Å². The molecule has 0 atom stereocenters. The van der Waals surface area contributed by atoms with Crippen molar-refractivity contribution in [1.29, 1.82) is 0 Å². The van der Waals surface area contributed by atoms with Crippen molar-refractivity contribution in [2.24, 2.45) is 0 Å². The van der Waals surface area contributed by atoms with Gasteiger partial charge in [0.15, 0.2) is 5.13 Å². The molecule has 21 heavy (non-hydrogen) atoms. The third-order valence-electron chi connectivity index (χ3n) is 3.41. The van der Waals surface area contributed by atoms with E-state index in [-0.39, 0.29) is 17.5 Å². The zero-order chi connectivity index (χ0) is 15.1. The van der Waals surface area contributed by atoms with E-state index in [0.717, 1.165) is 12.0 Å². The maximum absolute atomic E-state index is 13.4. The molecule has 1 amide bonds. The fraction of sp³-hybridized carbons (Fsp3) is 0.286. The highest BCUT2D eigenvalue weighted by atomic mass is 32.1. The topological polar surface area (TPSA) is 62.5 Å². The van der Waals surface area contributed by atoms with E-state index in [0.29, 0.717) is 22.2 Å². The van der Waals surface area contributed by atoms with Crippen LogP contribution in [0.4, 0.5) is 21.0 Å². The monoisotopic (exact) mass is 306 g/mol. The number of thiazole rings is 1. The first kappa shape index (κ1) is 13.8. The number of nitrogens with zero attached hydrogens (tertiary/aromatic N) is 3. The van der Waals surface area contributed by atoms with Crippen LogP contribution in [0.1, 0.15) is 15.2 Å². The normalized spacial score (nSPS) is 13.4. The highest BCUT2D eigenvalue weighted by Gasteiger charge is 2.29. The molecule has 0 saturated heterocycles. The number of fused-ring (bicyclic) bond motifs is 1. The summed E-state index contributed by atoms with van der Waals surface area (Å²) in [5.41, 5.74) is 7.45. The summed E-state index contributed by atoms with van der Waals surface area (Å²) < 4.78 is 13.4. The van der Waals surface area contributed by atoms with Crippen molar-refractivity contribution in [3.8, 4) is 0 Å². The lowest BCUT2D eigenvalue weighted by atomic mass is 10.2. The molecule has 0 bridgehead atoms. The van der Waals surface area contributed by atoms with Gasteiger partial charge in [0, 0.05) is 20.6 Å². The van der Waals surface area contributed by atoms with Crippen molar-refractivity contribution in [3.05, 3.63) is 34.5 Å². The Bertz CT molecular complexity index is 713. The number of carbonyl (C=O) groups is 1. The van der Waals surface area contributed by atoms with Crippen molar-refractivity contribution in [2.45, 2.75) is 6.42 Å². The van der Waals surface area contributed by atoms with Crippen molar-refractivity contribution < 1.29 is 9.18 Å². The molecule has 0 saturated carbocycles. The molecule has 2 N–H and O–H groups in total. The van der Waals surface area contributed by atoms with E-state index in [1.54, 1.807) is 15.9 Å². The number of nitrogens with two attached hydrogens (primary N) is 1. The Hall–Kier alpha value is -2.15. The summed E-state index contributed by atoms with van der Waals surface area (Å²) in [4.78, 5) is 20.6. The standard InChI is InChI=1S/C14H15FN4OS/c1-18(2)14-17-12(16)11(21-14)13(20)19-6-5-8-3-4-9(15)7-10(8)19/h3-4,7H,5-6,16H2,1-2H3. The van der Waals surface area contributed by atoms with Crippen LogP contribution in [0.5, 0.6) is 0 Å². The average molecular weight is 306 g/mol. The van der Waals surface area contributed by atoms with E-state index in [1.165, 1.54) is 23.5 Å². The fourth-order valence-corrected chi connectivity index (χ4v) is 3.21. The summed E-state index contributed by atoms with van der Waals surface area (Å²) >= 11 is 1.25.